The van der Waals surface area contributed by atoms with Gasteiger partial charge in [0.1, 0.15) is 11.5 Å². The van der Waals surface area contributed by atoms with Crippen LogP contribution >= 0.6 is 27.7 Å². The van der Waals surface area contributed by atoms with Crippen LogP contribution in [0.5, 0.6) is 11.5 Å². The smallest absolute Gasteiger partial charge is 0.343 e. The molecule has 1 amide bonds. The highest BCUT2D eigenvalue weighted by molar-refractivity contribution is 9.10. The maximum Gasteiger partial charge on any atom is 0.343 e. The number of esters is 1. The van der Waals surface area contributed by atoms with Crippen molar-refractivity contribution < 1.29 is 23.8 Å². The van der Waals surface area contributed by atoms with Crippen LogP contribution in [0, 0.1) is 0 Å². The van der Waals surface area contributed by atoms with E-state index >= 15 is 0 Å². The molecule has 9 heteroatoms. The number of ether oxygens (including phenoxy) is 3. The zero-order valence-electron chi connectivity index (χ0n) is 19.6. The molecule has 7 nitrogen and oxygen atoms in total. The van der Waals surface area contributed by atoms with Gasteiger partial charge in [-0.2, -0.15) is 0 Å². The first-order valence-corrected chi connectivity index (χ1v) is 12.5. The van der Waals surface area contributed by atoms with Crippen LogP contribution in [0.25, 0.3) is 6.08 Å². The number of nitrogens with zero attached hydrogens (tertiary/aromatic N) is 2. The molecule has 184 valence electrons. The van der Waals surface area contributed by atoms with Crippen molar-refractivity contribution >= 4 is 56.5 Å². The fraction of sp³-hybridized carbons (Fsp3) is 0.148. The van der Waals surface area contributed by atoms with Crippen LogP contribution in [0.15, 0.2) is 87.2 Å². The van der Waals surface area contributed by atoms with E-state index in [4.69, 9.17) is 14.5 Å². The van der Waals surface area contributed by atoms with Crippen LogP contribution in [-0.4, -0.2) is 42.8 Å². The van der Waals surface area contributed by atoms with Crippen molar-refractivity contribution in [3.8, 4) is 11.5 Å². The number of amides is 1. The lowest BCUT2D eigenvalue weighted by molar-refractivity contribution is -0.142. The molecule has 0 aliphatic carbocycles. The molecule has 1 saturated heterocycles. The van der Waals surface area contributed by atoms with Crippen molar-refractivity contribution in [2.45, 2.75) is 6.54 Å². The summed E-state index contributed by atoms with van der Waals surface area (Å²) in [6.45, 7) is 0.114. The molecule has 1 aliphatic rings. The number of thioether (sulfide) groups is 1. The Bertz CT molecular complexity index is 1310. The Hall–Kier alpha value is -3.56. The second kappa shape index (κ2) is 11.9. The minimum absolute atomic E-state index is 0.176. The predicted molar refractivity (Wildman–Crippen MR) is 144 cm³/mol. The van der Waals surface area contributed by atoms with Gasteiger partial charge in [-0.05, 0) is 65.9 Å². The fourth-order valence-electron chi connectivity index (χ4n) is 3.36. The minimum Gasteiger partial charge on any atom is -0.497 e. The van der Waals surface area contributed by atoms with Crippen LogP contribution in [0.4, 0.5) is 5.69 Å². The van der Waals surface area contributed by atoms with E-state index in [1.165, 1.54) is 18.9 Å². The summed E-state index contributed by atoms with van der Waals surface area (Å²) in [7, 11) is 2.91. The molecule has 0 unspecified atom stereocenters. The van der Waals surface area contributed by atoms with E-state index in [1.54, 1.807) is 30.2 Å². The standard InChI is InChI=1S/C27H23BrN2O5S/c1-33-22-11-8-18(9-12-22)16-30-26(32)24(36-27(30)29-21-6-4-3-5-7-21)15-19-14-20(28)10-13-23(19)35-17-25(31)34-2/h3-15H,16-17H2,1-2H3/b24-15-,29-27?. The molecule has 3 aromatic rings. The second-order valence-electron chi connectivity index (χ2n) is 7.63. The Balaban J connectivity index is 1.68. The number of aliphatic imine (C=N–C) groups is 1. The van der Waals surface area contributed by atoms with Gasteiger partial charge >= 0.3 is 5.97 Å². The molecule has 1 fully saturated rings. The summed E-state index contributed by atoms with van der Waals surface area (Å²) in [5.41, 5.74) is 2.34. The number of hydrogen-bond donors (Lipinski definition) is 0. The third-order valence-electron chi connectivity index (χ3n) is 5.20. The quantitative estimate of drug-likeness (QED) is 0.253. The van der Waals surface area contributed by atoms with E-state index in [2.05, 4.69) is 20.7 Å². The van der Waals surface area contributed by atoms with Crippen molar-refractivity contribution in [3.05, 3.63) is 93.3 Å². The normalized spacial score (nSPS) is 15.4. The largest absolute Gasteiger partial charge is 0.497 e. The maximum absolute atomic E-state index is 13.6. The molecule has 1 aliphatic heterocycles. The van der Waals surface area contributed by atoms with Gasteiger partial charge in [-0.3, -0.25) is 9.69 Å². The average Bonchev–Trinajstić information content (AvgIpc) is 3.17. The van der Waals surface area contributed by atoms with Crippen molar-refractivity contribution in [1.82, 2.24) is 4.90 Å². The SMILES string of the molecule is COC(=O)COc1ccc(Br)cc1/C=C1\SC(=Nc2ccccc2)N(Cc2ccc(OC)cc2)C1=O. The number of hydrogen-bond acceptors (Lipinski definition) is 7. The lowest BCUT2D eigenvalue weighted by Gasteiger charge is -2.16. The maximum atomic E-state index is 13.6. The number of carbonyl (C=O) groups is 2. The number of halogens is 1. The first-order valence-electron chi connectivity index (χ1n) is 10.9. The topological polar surface area (TPSA) is 77.4 Å². The van der Waals surface area contributed by atoms with Crippen LogP contribution in [0.2, 0.25) is 0 Å². The van der Waals surface area contributed by atoms with E-state index in [0.29, 0.717) is 27.9 Å². The zero-order valence-corrected chi connectivity index (χ0v) is 22.0. The van der Waals surface area contributed by atoms with Crippen molar-refractivity contribution in [3.63, 3.8) is 0 Å². The number of methoxy groups -OCH3 is 2. The van der Waals surface area contributed by atoms with Crippen LogP contribution < -0.4 is 9.47 Å². The van der Waals surface area contributed by atoms with Crippen molar-refractivity contribution in [1.29, 1.82) is 0 Å². The van der Waals surface area contributed by atoms with Gasteiger partial charge < -0.3 is 14.2 Å². The van der Waals surface area contributed by atoms with Gasteiger partial charge in [-0.15, -0.1) is 0 Å². The Kier molecular flexibility index (Phi) is 8.45. The molecular formula is C27H23BrN2O5S. The van der Waals surface area contributed by atoms with E-state index in [9.17, 15) is 9.59 Å². The Morgan fingerprint density at radius 3 is 2.50 bits per heavy atom. The molecule has 0 spiro atoms. The molecule has 0 bridgehead atoms. The molecule has 36 heavy (non-hydrogen) atoms. The number of carbonyl (C=O) groups excluding carboxylic acids is 2. The fourth-order valence-corrected chi connectivity index (χ4v) is 4.73. The Labute approximate surface area is 221 Å². The lowest BCUT2D eigenvalue weighted by atomic mass is 10.1. The van der Waals surface area contributed by atoms with E-state index in [1.807, 2.05) is 60.7 Å². The molecule has 0 saturated carbocycles. The zero-order chi connectivity index (χ0) is 25.5. The molecule has 0 atom stereocenters. The average molecular weight is 567 g/mol. The Morgan fingerprint density at radius 1 is 1.06 bits per heavy atom. The monoisotopic (exact) mass is 566 g/mol. The molecular weight excluding hydrogens is 544 g/mol. The van der Waals surface area contributed by atoms with E-state index < -0.39 is 5.97 Å². The summed E-state index contributed by atoms with van der Waals surface area (Å²) in [6.07, 6.45) is 1.75. The van der Waals surface area contributed by atoms with Crippen LogP contribution in [-0.2, 0) is 20.9 Å². The van der Waals surface area contributed by atoms with Gasteiger partial charge in [0, 0.05) is 10.0 Å². The highest BCUT2D eigenvalue weighted by Gasteiger charge is 2.33. The van der Waals surface area contributed by atoms with Gasteiger partial charge in [-0.1, -0.05) is 46.3 Å². The summed E-state index contributed by atoms with van der Waals surface area (Å²) in [5, 5.41) is 0.570. The van der Waals surface area contributed by atoms with Crippen molar-refractivity contribution in [2.75, 3.05) is 20.8 Å². The summed E-state index contributed by atoms with van der Waals surface area (Å²) < 4.78 is 16.4. The Morgan fingerprint density at radius 2 is 1.81 bits per heavy atom. The lowest BCUT2D eigenvalue weighted by Crippen LogP contribution is -2.28. The molecule has 0 radical (unpaired) electrons. The first kappa shape index (κ1) is 25.5. The highest BCUT2D eigenvalue weighted by atomic mass is 79.9. The number of para-hydroxylation sites is 1. The van der Waals surface area contributed by atoms with E-state index in [0.717, 1.165) is 21.5 Å². The van der Waals surface area contributed by atoms with Crippen LogP contribution in [0.1, 0.15) is 11.1 Å². The van der Waals surface area contributed by atoms with Crippen LogP contribution in [0.3, 0.4) is 0 Å². The summed E-state index contributed by atoms with van der Waals surface area (Å²) in [6, 6.07) is 22.4. The van der Waals surface area contributed by atoms with Gasteiger partial charge in [0.25, 0.3) is 5.91 Å². The number of benzene rings is 3. The highest BCUT2D eigenvalue weighted by Crippen LogP contribution is 2.37. The molecule has 0 N–H and O–H groups in total. The van der Waals surface area contributed by atoms with E-state index in [-0.39, 0.29) is 12.5 Å². The third-order valence-corrected chi connectivity index (χ3v) is 6.70. The molecule has 4 rings (SSSR count). The molecule has 0 aromatic heterocycles. The molecule has 1 heterocycles. The summed E-state index contributed by atoms with van der Waals surface area (Å²) in [5.74, 6) is 0.531. The van der Waals surface area contributed by atoms with Gasteiger partial charge in [0.05, 0.1) is 31.4 Å². The molecule has 3 aromatic carbocycles. The van der Waals surface area contributed by atoms with Gasteiger partial charge in [0.15, 0.2) is 11.8 Å². The van der Waals surface area contributed by atoms with Crippen molar-refractivity contribution in [2.24, 2.45) is 4.99 Å². The predicted octanol–water partition coefficient (Wildman–Crippen LogP) is 5.81. The minimum atomic E-state index is -0.495. The third kappa shape index (κ3) is 6.35. The van der Waals surface area contributed by atoms with Gasteiger partial charge in [0.2, 0.25) is 0 Å². The summed E-state index contributed by atoms with van der Waals surface area (Å²) in [4.78, 5) is 32.0. The summed E-state index contributed by atoms with van der Waals surface area (Å²) >= 11 is 4.75. The number of amidine groups is 1. The van der Waals surface area contributed by atoms with Gasteiger partial charge in [-0.25, -0.2) is 9.79 Å². The second-order valence-corrected chi connectivity index (χ2v) is 9.55. The number of rotatable bonds is 8. The first-order chi connectivity index (χ1) is 17.5.